The van der Waals surface area contributed by atoms with Gasteiger partial charge in [-0.3, -0.25) is 14.0 Å². The van der Waals surface area contributed by atoms with Crippen LogP contribution in [0.2, 0.25) is 5.02 Å². The van der Waals surface area contributed by atoms with E-state index in [1.807, 2.05) is 32.9 Å². The van der Waals surface area contributed by atoms with Gasteiger partial charge in [-0.25, -0.2) is 0 Å². The van der Waals surface area contributed by atoms with Gasteiger partial charge in [-0.1, -0.05) is 17.7 Å². The van der Waals surface area contributed by atoms with Crippen LogP contribution in [0.4, 0.5) is 0 Å². The molecule has 0 aliphatic carbocycles. The average Bonchev–Trinajstić information content (AvgIpc) is 2.80. The monoisotopic (exact) mass is 480 g/mol. The summed E-state index contributed by atoms with van der Waals surface area (Å²) in [5.74, 6) is -0.220. The van der Waals surface area contributed by atoms with Crippen LogP contribution in [0.3, 0.4) is 0 Å². The molecular weight excluding hydrogens is 456 g/mol. The van der Waals surface area contributed by atoms with Gasteiger partial charge in [-0.05, 0) is 69.2 Å². The van der Waals surface area contributed by atoms with E-state index in [1.165, 1.54) is 10.5 Å². The van der Waals surface area contributed by atoms with Crippen molar-refractivity contribution in [2.24, 2.45) is 0 Å². The predicted molar refractivity (Wildman–Crippen MR) is 130 cm³/mol. The summed E-state index contributed by atoms with van der Waals surface area (Å²) in [4.78, 5) is 30.4. The zero-order valence-corrected chi connectivity index (χ0v) is 19.9. The Kier molecular flexibility index (Phi) is 8.41. The van der Waals surface area contributed by atoms with Crippen molar-refractivity contribution >= 4 is 29.2 Å². The number of amides is 1. The summed E-state index contributed by atoms with van der Waals surface area (Å²) in [6, 6.07) is 12.0. The molecule has 3 aromatic rings. The van der Waals surface area contributed by atoms with Crippen molar-refractivity contribution in [1.29, 1.82) is 5.26 Å². The van der Waals surface area contributed by atoms with Crippen LogP contribution in [-0.2, 0) is 9.53 Å². The van der Waals surface area contributed by atoms with Gasteiger partial charge in [0.1, 0.15) is 28.6 Å². The first-order valence-corrected chi connectivity index (χ1v) is 11.1. The van der Waals surface area contributed by atoms with Crippen LogP contribution in [0.5, 0.6) is 11.6 Å². The summed E-state index contributed by atoms with van der Waals surface area (Å²) in [6.07, 6.45) is 3.46. The number of halogens is 1. The summed E-state index contributed by atoms with van der Waals surface area (Å²) >= 11 is 5.95. The SMILES string of the molecule is Cc1cccn2c(=O)c(C=C(C#N)C(=O)NCCCOC(C)C)c(Oc3ccc(Cl)cc3)nc12. The second-order valence-electron chi connectivity index (χ2n) is 7.78. The Morgan fingerprint density at radius 3 is 2.71 bits per heavy atom. The molecule has 1 amide bonds. The number of carbonyl (C=O) groups excluding carboxylic acids is 1. The summed E-state index contributed by atoms with van der Waals surface area (Å²) in [7, 11) is 0. The van der Waals surface area contributed by atoms with Crippen molar-refractivity contribution in [1.82, 2.24) is 14.7 Å². The van der Waals surface area contributed by atoms with E-state index < -0.39 is 11.5 Å². The van der Waals surface area contributed by atoms with Crippen molar-refractivity contribution in [2.75, 3.05) is 13.2 Å². The van der Waals surface area contributed by atoms with E-state index >= 15 is 0 Å². The summed E-state index contributed by atoms with van der Waals surface area (Å²) < 4.78 is 12.7. The Hall–Kier alpha value is -3.67. The number of fused-ring (bicyclic) bond motifs is 1. The fourth-order valence-corrected chi connectivity index (χ4v) is 3.21. The normalized spacial score (nSPS) is 11.5. The maximum atomic E-state index is 13.3. The molecule has 0 aliphatic rings. The summed E-state index contributed by atoms with van der Waals surface area (Å²) in [5, 5.41) is 12.8. The van der Waals surface area contributed by atoms with Gasteiger partial charge >= 0.3 is 0 Å². The fraction of sp³-hybridized carbons (Fsp3) is 0.280. The Bertz CT molecular complexity index is 1310. The molecule has 8 nitrogen and oxygen atoms in total. The number of nitriles is 1. The van der Waals surface area contributed by atoms with E-state index in [0.717, 1.165) is 5.56 Å². The molecule has 34 heavy (non-hydrogen) atoms. The number of nitrogens with zero attached hydrogens (tertiary/aromatic N) is 3. The van der Waals surface area contributed by atoms with Crippen molar-refractivity contribution in [3.05, 3.63) is 74.7 Å². The van der Waals surface area contributed by atoms with Crippen molar-refractivity contribution < 1.29 is 14.3 Å². The maximum Gasteiger partial charge on any atom is 0.269 e. The number of aryl methyl sites for hydroxylation is 1. The number of hydrogen-bond acceptors (Lipinski definition) is 6. The lowest BCUT2D eigenvalue weighted by Crippen LogP contribution is -2.27. The lowest BCUT2D eigenvalue weighted by Gasteiger charge is -2.12. The van der Waals surface area contributed by atoms with Crippen LogP contribution in [0.15, 0.2) is 53.0 Å². The molecule has 3 rings (SSSR count). The van der Waals surface area contributed by atoms with Crippen molar-refractivity contribution in [2.45, 2.75) is 33.3 Å². The van der Waals surface area contributed by atoms with Crippen molar-refractivity contribution in [3.8, 4) is 17.7 Å². The van der Waals surface area contributed by atoms with Gasteiger partial charge in [0.25, 0.3) is 11.5 Å². The zero-order chi connectivity index (χ0) is 24.7. The third-order valence-corrected chi connectivity index (χ3v) is 5.04. The maximum absolute atomic E-state index is 13.3. The first-order chi connectivity index (χ1) is 16.3. The summed E-state index contributed by atoms with van der Waals surface area (Å²) in [5.41, 5.74) is 0.438. The molecule has 0 spiro atoms. The first-order valence-electron chi connectivity index (χ1n) is 10.8. The Morgan fingerprint density at radius 2 is 2.03 bits per heavy atom. The number of aromatic nitrogens is 2. The molecular formula is C25H25ClN4O4. The molecule has 176 valence electrons. The van der Waals surface area contributed by atoms with Crippen LogP contribution < -0.4 is 15.6 Å². The van der Waals surface area contributed by atoms with Crippen LogP contribution in [0.25, 0.3) is 11.7 Å². The fourth-order valence-electron chi connectivity index (χ4n) is 3.09. The largest absolute Gasteiger partial charge is 0.438 e. The number of ether oxygens (including phenoxy) is 2. The van der Waals surface area contributed by atoms with E-state index in [9.17, 15) is 14.9 Å². The standard InChI is InChI=1S/C25H25ClN4O4/c1-16(2)33-13-5-11-28-23(31)18(15-27)14-21-24(34-20-9-7-19(26)8-10-20)29-22-17(3)6-4-12-30(22)25(21)32/h4,6-10,12,14,16H,5,11,13H2,1-3H3,(H,28,31). The molecule has 2 heterocycles. The van der Waals surface area contributed by atoms with Crippen LogP contribution in [0, 0.1) is 18.3 Å². The number of nitrogens with one attached hydrogen (secondary N) is 1. The number of carbonyl (C=O) groups is 1. The van der Waals surface area contributed by atoms with Gasteiger partial charge in [0.05, 0.1) is 6.10 Å². The minimum absolute atomic E-state index is 0.0205. The average molecular weight is 481 g/mol. The lowest BCUT2D eigenvalue weighted by atomic mass is 10.1. The molecule has 1 aromatic carbocycles. The van der Waals surface area contributed by atoms with E-state index in [-0.39, 0.29) is 23.1 Å². The van der Waals surface area contributed by atoms with Crippen LogP contribution in [-0.4, -0.2) is 34.5 Å². The van der Waals surface area contributed by atoms with Crippen LogP contribution in [0.1, 0.15) is 31.4 Å². The second kappa shape index (κ2) is 11.5. The number of benzene rings is 1. The first kappa shape index (κ1) is 25.0. The molecule has 0 fully saturated rings. The van der Waals surface area contributed by atoms with Gasteiger partial charge in [0, 0.05) is 24.4 Å². The molecule has 0 radical (unpaired) electrons. The highest BCUT2D eigenvalue weighted by atomic mass is 35.5. The molecule has 0 saturated carbocycles. The quantitative estimate of drug-likeness (QED) is 0.278. The highest BCUT2D eigenvalue weighted by molar-refractivity contribution is 6.30. The Balaban J connectivity index is 1.98. The van der Waals surface area contributed by atoms with Crippen molar-refractivity contribution in [3.63, 3.8) is 0 Å². The van der Waals surface area contributed by atoms with Gasteiger partial charge < -0.3 is 14.8 Å². The molecule has 0 atom stereocenters. The smallest absolute Gasteiger partial charge is 0.269 e. The molecule has 1 N–H and O–H groups in total. The predicted octanol–water partition coefficient (Wildman–Crippen LogP) is 4.29. The Morgan fingerprint density at radius 1 is 1.29 bits per heavy atom. The van der Waals surface area contributed by atoms with E-state index in [2.05, 4.69) is 10.3 Å². The Labute approximate surface area is 202 Å². The third-order valence-electron chi connectivity index (χ3n) is 4.79. The molecule has 2 aromatic heterocycles. The number of hydrogen-bond donors (Lipinski definition) is 1. The zero-order valence-electron chi connectivity index (χ0n) is 19.2. The van der Waals surface area contributed by atoms with E-state index in [1.54, 1.807) is 36.5 Å². The van der Waals surface area contributed by atoms with Gasteiger partial charge in [-0.2, -0.15) is 10.2 Å². The highest BCUT2D eigenvalue weighted by Gasteiger charge is 2.18. The molecule has 9 heteroatoms. The van der Waals surface area contributed by atoms with Gasteiger partial charge in [0.2, 0.25) is 5.88 Å². The van der Waals surface area contributed by atoms with E-state index in [4.69, 9.17) is 21.1 Å². The van der Waals surface area contributed by atoms with E-state index in [0.29, 0.717) is 36.0 Å². The topological polar surface area (TPSA) is 106 Å². The molecule has 0 unspecified atom stereocenters. The third kappa shape index (κ3) is 6.22. The summed E-state index contributed by atoms with van der Waals surface area (Å²) in [6.45, 7) is 6.48. The number of pyridine rings is 1. The van der Waals surface area contributed by atoms with Gasteiger partial charge in [0.15, 0.2) is 0 Å². The lowest BCUT2D eigenvalue weighted by molar-refractivity contribution is -0.117. The minimum Gasteiger partial charge on any atom is -0.438 e. The number of rotatable bonds is 9. The second-order valence-corrected chi connectivity index (χ2v) is 8.21. The molecule has 0 saturated heterocycles. The highest BCUT2D eigenvalue weighted by Crippen LogP contribution is 2.25. The minimum atomic E-state index is -0.599. The molecule has 0 bridgehead atoms. The molecule has 0 aliphatic heterocycles. The van der Waals surface area contributed by atoms with Crippen LogP contribution >= 0.6 is 11.6 Å². The van der Waals surface area contributed by atoms with Gasteiger partial charge in [-0.15, -0.1) is 0 Å².